The number of nitrogens with zero attached hydrogens (tertiary/aromatic N) is 2. The maximum absolute atomic E-state index is 9.22. The molecule has 0 atom stereocenters. The Kier molecular flexibility index (Phi) is 6.62. The minimum Gasteiger partial charge on any atom is -0.342 e. The van der Waals surface area contributed by atoms with Gasteiger partial charge in [-0.1, -0.05) is 48.0 Å². The molecular formula is C19H22ClN3OS. The van der Waals surface area contributed by atoms with Crippen molar-refractivity contribution >= 4 is 35.5 Å². The van der Waals surface area contributed by atoms with Crippen molar-refractivity contribution in [2.75, 3.05) is 13.1 Å². The van der Waals surface area contributed by atoms with Gasteiger partial charge in [0.25, 0.3) is 0 Å². The first-order chi connectivity index (χ1) is 12.2. The van der Waals surface area contributed by atoms with Crippen LogP contribution in [0.4, 0.5) is 5.69 Å². The first kappa shape index (κ1) is 18.1. The largest absolute Gasteiger partial charge is 0.342 e. The Balaban J connectivity index is 1.62. The standard InChI is InChI=1S/C19H22ClN3OS/c20-17-7-4-8-18(14-17)21-19(22-25-24)23-11-9-16(10-12-23)13-15-5-2-1-3-6-15/h1-8,14,16,24H,9-13H2,(H,21,22). The van der Waals surface area contributed by atoms with E-state index in [2.05, 4.69) is 44.9 Å². The molecule has 1 aliphatic rings. The molecule has 0 bridgehead atoms. The minimum atomic E-state index is 0.575. The summed E-state index contributed by atoms with van der Waals surface area (Å²) in [5.41, 5.74) is 2.17. The lowest BCUT2D eigenvalue weighted by atomic mass is 9.90. The highest BCUT2D eigenvalue weighted by atomic mass is 35.5. The van der Waals surface area contributed by atoms with Crippen LogP contribution in [0.5, 0.6) is 0 Å². The van der Waals surface area contributed by atoms with Crippen molar-refractivity contribution in [3.05, 3.63) is 65.2 Å². The van der Waals surface area contributed by atoms with Crippen LogP contribution in [0.15, 0.2) is 59.6 Å². The number of hydrogen-bond acceptors (Lipinski definition) is 3. The Labute approximate surface area is 158 Å². The van der Waals surface area contributed by atoms with E-state index in [0.717, 1.165) is 38.0 Å². The molecule has 132 valence electrons. The van der Waals surface area contributed by atoms with Gasteiger partial charge in [-0.05, 0) is 48.9 Å². The number of guanidine groups is 1. The van der Waals surface area contributed by atoms with Crippen molar-refractivity contribution < 1.29 is 4.55 Å². The molecule has 2 aromatic carbocycles. The number of benzene rings is 2. The molecule has 6 heteroatoms. The van der Waals surface area contributed by atoms with Crippen molar-refractivity contribution in [3.63, 3.8) is 0 Å². The van der Waals surface area contributed by atoms with Gasteiger partial charge in [0.1, 0.15) is 12.2 Å². The first-order valence-corrected chi connectivity index (χ1v) is 9.59. The fourth-order valence-corrected chi connectivity index (χ4v) is 3.60. The third-order valence-corrected chi connectivity index (χ3v) is 4.97. The summed E-state index contributed by atoms with van der Waals surface area (Å²) in [6.07, 6.45) is 3.35. The van der Waals surface area contributed by atoms with E-state index in [1.165, 1.54) is 5.56 Å². The van der Waals surface area contributed by atoms with Gasteiger partial charge in [0, 0.05) is 18.1 Å². The van der Waals surface area contributed by atoms with Gasteiger partial charge >= 0.3 is 0 Å². The van der Waals surface area contributed by atoms with Crippen LogP contribution < -0.4 is 4.72 Å². The van der Waals surface area contributed by atoms with E-state index in [4.69, 9.17) is 11.6 Å². The number of hydrogen-bond donors (Lipinski definition) is 2. The molecule has 0 saturated carbocycles. The number of nitrogens with one attached hydrogen (secondary N) is 1. The maximum atomic E-state index is 9.22. The summed E-state index contributed by atoms with van der Waals surface area (Å²) in [6.45, 7) is 1.84. The van der Waals surface area contributed by atoms with E-state index in [1.807, 2.05) is 24.3 Å². The Hall–Kier alpha value is -1.69. The average Bonchev–Trinajstić information content (AvgIpc) is 2.63. The highest BCUT2D eigenvalue weighted by Gasteiger charge is 2.22. The van der Waals surface area contributed by atoms with Crippen molar-refractivity contribution in [1.82, 2.24) is 9.62 Å². The van der Waals surface area contributed by atoms with E-state index in [9.17, 15) is 4.55 Å². The van der Waals surface area contributed by atoms with Gasteiger partial charge in [-0.3, -0.25) is 4.72 Å². The maximum Gasteiger partial charge on any atom is 0.211 e. The highest BCUT2D eigenvalue weighted by molar-refractivity contribution is 7.92. The molecule has 0 spiro atoms. The summed E-state index contributed by atoms with van der Waals surface area (Å²) >= 11 is 6.60. The van der Waals surface area contributed by atoms with Gasteiger partial charge in [-0.15, -0.1) is 0 Å². The topological polar surface area (TPSA) is 47.9 Å². The second kappa shape index (κ2) is 9.13. The summed E-state index contributed by atoms with van der Waals surface area (Å²) in [5.74, 6) is 1.36. The fraction of sp³-hybridized carbons (Fsp3) is 0.316. The molecule has 0 amide bonds. The zero-order chi connectivity index (χ0) is 17.5. The molecule has 1 aliphatic heterocycles. The van der Waals surface area contributed by atoms with Crippen LogP contribution in [0.1, 0.15) is 18.4 Å². The predicted molar refractivity (Wildman–Crippen MR) is 106 cm³/mol. The molecule has 4 nitrogen and oxygen atoms in total. The monoisotopic (exact) mass is 375 g/mol. The smallest absolute Gasteiger partial charge is 0.211 e. The molecule has 1 heterocycles. The lowest BCUT2D eigenvalue weighted by Crippen LogP contribution is -2.43. The Morgan fingerprint density at radius 3 is 2.60 bits per heavy atom. The minimum absolute atomic E-state index is 0.575. The lowest BCUT2D eigenvalue weighted by Gasteiger charge is -2.33. The second-order valence-corrected chi connectivity index (χ2v) is 7.05. The van der Waals surface area contributed by atoms with Crippen LogP contribution in [-0.2, 0) is 6.42 Å². The van der Waals surface area contributed by atoms with Crippen molar-refractivity contribution in [2.45, 2.75) is 19.3 Å². The second-order valence-electron chi connectivity index (χ2n) is 6.23. The quantitative estimate of drug-likeness (QED) is 0.342. The predicted octanol–water partition coefficient (Wildman–Crippen LogP) is 4.99. The number of halogens is 1. The van der Waals surface area contributed by atoms with E-state index in [1.54, 1.807) is 0 Å². The first-order valence-electron chi connectivity index (χ1n) is 8.44. The summed E-state index contributed by atoms with van der Waals surface area (Å²) < 4.78 is 12.1. The van der Waals surface area contributed by atoms with Gasteiger partial charge in [0.2, 0.25) is 5.96 Å². The van der Waals surface area contributed by atoms with E-state index in [-0.39, 0.29) is 0 Å². The molecule has 25 heavy (non-hydrogen) atoms. The van der Waals surface area contributed by atoms with Crippen molar-refractivity contribution in [3.8, 4) is 0 Å². The van der Waals surface area contributed by atoms with Crippen LogP contribution in [0.25, 0.3) is 0 Å². The van der Waals surface area contributed by atoms with E-state index in [0.29, 0.717) is 29.1 Å². The molecule has 0 aliphatic carbocycles. The lowest BCUT2D eigenvalue weighted by molar-refractivity contribution is 0.262. The zero-order valence-electron chi connectivity index (χ0n) is 13.9. The number of piperidine rings is 1. The molecule has 0 aromatic heterocycles. The molecule has 1 saturated heterocycles. The summed E-state index contributed by atoms with van der Waals surface area (Å²) in [4.78, 5) is 6.79. The molecule has 3 rings (SSSR count). The molecule has 2 aromatic rings. The summed E-state index contributed by atoms with van der Waals surface area (Å²) in [5, 5.41) is 0.652. The molecule has 2 N–H and O–H groups in total. The fourth-order valence-electron chi connectivity index (χ4n) is 3.16. The molecular weight excluding hydrogens is 354 g/mol. The third-order valence-electron chi connectivity index (χ3n) is 4.46. The normalized spacial score (nSPS) is 16.1. The van der Waals surface area contributed by atoms with E-state index < -0.39 is 0 Å². The Morgan fingerprint density at radius 1 is 1.16 bits per heavy atom. The number of likely N-dealkylation sites (tertiary alicyclic amines) is 1. The van der Waals surface area contributed by atoms with Crippen LogP contribution in [-0.4, -0.2) is 28.5 Å². The van der Waals surface area contributed by atoms with Crippen molar-refractivity contribution in [1.29, 1.82) is 0 Å². The molecule has 0 radical (unpaired) electrons. The molecule has 0 unspecified atom stereocenters. The number of aliphatic imine (C=N–C) groups is 1. The third kappa shape index (κ3) is 5.39. The highest BCUT2D eigenvalue weighted by Crippen LogP contribution is 2.23. The molecule has 1 fully saturated rings. The van der Waals surface area contributed by atoms with Crippen LogP contribution in [0.3, 0.4) is 0 Å². The SMILES string of the molecule is OSNC(=Nc1cccc(Cl)c1)N1CCC(Cc2ccccc2)CC1. The summed E-state index contributed by atoms with van der Waals surface area (Å²) in [7, 11) is 0. The zero-order valence-corrected chi connectivity index (χ0v) is 15.5. The van der Waals surface area contributed by atoms with Gasteiger partial charge in [0.15, 0.2) is 0 Å². The summed E-state index contributed by atoms with van der Waals surface area (Å²) in [6, 6.07) is 18.1. The Morgan fingerprint density at radius 2 is 1.92 bits per heavy atom. The van der Waals surface area contributed by atoms with Crippen LogP contribution in [0, 0.1) is 5.92 Å². The van der Waals surface area contributed by atoms with Gasteiger partial charge in [0.05, 0.1) is 5.69 Å². The van der Waals surface area contributed by atoms with Gasteiger partial charge in [-0.25, -0.2) is 4.99 Å². The van der Waals surface area contributed by atoms with Crippen LogP contribution in [0.2, 0.25) is 5.02 Å². The van der Waals surface area contributed by atoms with Gasteiger partial charge < -0.3 is 9.45 Å². The van der Waals surface area contributed by atoms with Crippen molar-refractivity contribution in [2.24, 2.45) is 10.9 Å². The average molecular weight is 376 g/mol. The van der Waals surface area contributed by atoms with E-state index >= 15 is 0 Å². The Bertz CT molecular complexity index is 703. The van der Waals surface area contributed by atoms with Crippen LogP contribution >= 0.6 is 23.8 Å². The van der Waals surface area contributed by atoms with Gasteiger partial charge in [-0.2, -0.15) is 0 Å². The number of rotatable bonds is 4.